The number of amides is 1. The number of hydrogen-bond donors (Lipinski definition) is 1. The van der Waals surface area contributed by atoms with Gasteiger partial charge in [0.05, 0.1) is 0 Å². The van der Waals surface area contributed by atoms with Gasteiger partial charge in [-0.25, -0.2) is 9.97 Å². The zero-order chi connectivity index (χ0) is 14.0. The number of thioether (sulfide) groups is 1. The summed E-state index contributed by atoms with van der Waals surface area (Å²) in [5.41, 5.74) is 6.02. The third-order valence-electron chi connectivity index (χ3n) is 3.87. The highest BCUT2D eigenvalue weighted by molar-refractivity contribution is 8.00. The van der Waals surface area contributed by atoms with E-state index >= 15 is 0 Å². The van der Waals surface area contributed by atoms with Crippen LogP contribution < -0.4 is 5.73 Å². The summed E-state index contributed by atoms with van der Waals surface area (Å²) in [5, 5.41) is 0. The first kappa shape index (κ1) is 13.6. The zero-order valence-corrected chi connectivity index (χ0v) is 12.1. The van der Waals surface area contributed by atoms with E-state index in [4.69, 9.17) is 10.5 Å². The topological polar surface area (TPSA) is 81.3 Å². The molecular formula is C13H18N4O2S. The van der Waals surface area contributed by atoms with Crippen molar-refractivity contribution in [2.75, 3.05) is 37.8 Å². The molecule has 1 spiro atoms. The maximum atomic E-state index is 12.5. The highest BCUT2D eigenvalue weighted by atomic mass is 32.2. The van der Waals surface area contributed by atoms with Crippen LogP contribution in [-0.4, -0.2) is 57.6 Å². The van der Waals surface area contributed by atoms with E-state index in [1.165, 1.54) is 12.4 Å². The van der Waals surface area contributed by atoms with Crippen molar-refractivity contribution in [1.82, 2.24) is 14.9 Å². The summed E-state index contributed by atoms with van der Waals surface area (Å²) in [6.07, 6.45) is 5.00. The highest BCUT2D eigenvalue weighted by Crippen LogP contribution is 2.39. The number of carbonyl (C=O) groups excluding carboxylic acids is 1. The van der Waals surface area contributed by atoms with Crippen molar-refractivity contribution in [3.05, 3.63) is 18.1 Å². The molecule has 1 aromatic rings. The van der Waals surface area contributed by atoms with Gasteiger partial charge in [-0.1, -0.05) is 0 Å². The molecule has 2 fully saturated rings. The molecule has 0 aliphatic carbocycles. The Morgan fingerprint density at radius 2 is 2.10 bits per heavy atom. The van der Waals surface area contributed by atoms with Gasteiger partial charge in [-0.15, -0.1) is 0 Å². The minimum atomic E-state index is -0.109. The molecule has 6 nitrogen and oxygen atoms in total. The molecule has 0 saturated carbocycles. The van der Waals surface area contributed by atoms with Gasteiger partial charge in [-0.3, -0.25) is 4.79 Å². The second-order valence-electron chi connectivity index (χ2n) is 5.16. The molecule has 20 heavy (non-hydrogen) atoms. The summed E-state index contributed by atoms with van der Waals surface area (Å²) in [6, 6.07) is 0. The lowest BCUT2D eigenvalue weighted by atomic mass is 9.97. The molecule has 0 radical (unpaired) electrons. The Balaban J connectivity index is 1.77. The fraction of sp³-hybridized carbons (Fsp3) is 0.615. The van der Waals surface area contributed by atoms with Crippen LogP contribution in [0.3, 0.4) is 0 Å². The van der Waals surface area contributed by atoms with E-state index in [0.29, 0.717) is 0 Å². The van der Waals surface area contributed by atoms with E-state index in [2.05, 4.69) is 9.97 Å². The summed E-state index contributed by atoms with van der Waals surface area (Å²) in [7, 11) is 0. The van der Waals surface area contributed by atoms with Crippen LogP contribution in [0.15, 0.2) is 12.4 Å². The summed E-state index contributed by atoms with van der Waals surface area (Å²) in [4.78, 5) is 22.4. The van der Waals surface area contributed by atoms with Gasteiger partial charge >= 0.3 is 0 Å². The number of rotatable bonds is 1. The number of anilines is 1. The van der Waals surface area contributed by atoms with E-state index in [9.17, 15) is 4.79 Å². The van der Waals surface area contributed by atoms with Crippen LogP contribution in [0.25, 0.3) is 0 Å². The SMILES string of the molecule is Nc1nccnc1C(=O)N1CCSC2(CCOCC2)C1. The van der Waals surface area contributed by atoms with Gasteiger partial charge in [0.25, 0.3) is 5.91 Å². The fourth-order valence-corrected chi connectivity index (χ4v) is 4.17. The summed E-state index contributed by atoms with van der Waals surface area (Å²) < 4.78 is 5.58. The van der Waals surface area contributed by atoms with Crippen LogP contribution in [0.1, 0.15) is 23.3 Å². The second kappa shape index (κ2) is 5.57. The molecule has 0 bridgehead atoms. The number of ether oxygens (including phenoxy) is 1. The largest absolute Gasteiger partial charge is 0.382 e. The van der Waals surface area contributed by atoms with Gasteiger partial charge in [0.1, 0.15) is 0 Å². The van der Waals surface area contributed by atoms with Gasteiger partial charge in [0.2, 0.25) is 0 Å². The van der Waals surface area contributed by atoms with E-state index in [-0.39, 0.29) is 22.2 Å². The predicted octanol–water partition coefficient (Wildman–Crippen LogP) is 0.797. The maximum Gasteiger partial charge on any atom is 0.276 e. The van der Waals surface area contributed by atoms with Crippen LogP contribution >= 0.6 is 11.8 Å². The van der Waals surface area contributed by atoms with Gasteiger partial charge < -0.3 is 15.4 Å². The molecule has 7 heteroatoms. The number of aromatic nitrogens is 2. The molecule has 3 rings (SSSR count). The molecule has 0 unspecified atom stereocenters. The number of nitrogens with zero attached hydrogens (tertiary/aromatic N) is 3. The molecule has 1 aromatic heterocycles. The Labute approximate surface area is 122 Å². The van der Waals surface area contributed by atoms with Gasteiger partial charge in [-0.2, -0.15) is 11.8 Å². The lowest BCUT2D eigenvalue weighted by Crippen LogP contribution is -2.51. The lowest BCUT2D eigenvalue weighted by Gasteiger charge is -2.44. The van der Waals surface area contributed by atoms with Crippen molar-refractivity contribution in [3.63, 3.8) is 0 Å². The standard InChI is InChI=1S/C13H18N4O2S/c14-11-10(15-3-4-16-11)12(18)17-5-8-20-13(9-17)1-6-19-7-2-13/h3-4H,1-2,5-9H2,(H2,14,16). The van der Waals surface area contributed by atoms with Crippen molar-refractivity contribution in [1.29, 1.82) is 0 Å². The summed E-state index contributed by atoms with van der Waals surface area (Å²) in [5.74, 6) is 1.05. The van der Waals surface area contributed by atoms with Crippen molar-refractivity contribution in [2.24, 2.45) is 0 Å². The molecule has 1 amide bonds. The first-order chi connectivity index (χ1) is 9.70. The van der Waals surface area contributed by atoms with Crippen LogP contribution in [-0.2, 0) is 4.74 Å². The van der Waals surface area contributed by atoms with Crippen LogP contribution in [0.5, 0.6) is 0 Å². The number of nitrogens with two attached hydrogens (primary N) is 1. The summed E-state index contributed by atoms with van der Waals surface area (Å²) in [6.45, 7) is 3.04. The van der Waals surface area contributed by atoms with E-state index < -0.39 is 0 Å². The van der Waals surface area contributed by atoms with Crippen LogP contribution in [0.2, 0.25) is 0 Å². The summed E-state index contributed by atoms with van der Waals surface area (Å²) >= 11 is 1.97. The maximum absolute atomic E-state index is 12.5. The molecule has 108 valence electrons. The Kier molecular flexibility index (Phi) is 3.80. The van der Waals surface area contributed by atoms with Gasteiger partial charge in [-0.05, 0) is 12.8 Å². The third kappa shape index (κ3) is 2.60. The normalized spacial score (nSPS) is 21.9. The Morgan fingerprint density at radius 1 is 1.35 bits per heavy atom. The minimum Gasteiger partial charge on any atom is -0.382 e. The molecule has 2 aliphatic rings. The molecule has 0 aromatic carbocycles. The monoisotopic (exact) mass is 294 g/mol. The predicted molar refractivity (Wildman–Crippen MR) is 77.6 cm³/mol. The molecule has 2 N–H and O–H groups in total. The lowest BCUT2D eigenvalue weighted by molar-refractivity contribution is 0.0533. The number of hydrogen-bond acceptors (Lipinski definition) is 6. The van der Waals surface area contributed by atoms with E-state index in [0.717, 1.165) is 44.9 Å². The van der Waals surface area contributed by atoms with Crippen LogP contribution in [0.4, 0.5) is 5.82 Å². The smallest absolute Gasteiger partial charge is 0.276 e. The molecular weight excluding hydrogens is 276 g/mol. The van der Waals surface area contributed by atoms with Gasteiger partial charge in [0.15, 0.2) is 11.5 Å². The Morgan fingerprint density at radius 3 is 2.85 bits per heavy atom. The van der Waals surface area contributed by atoms with E-state index in [1.54, 1.807) is 0 Å². The molecule has 0 atom stereocenters. The van der Waals surface area contributed by atoms with E-state index in [1.807, 2.05) is 16.7 Å². The number of carbonyl (C=O) groups is 1. The molecule has 2 aliphatic heterocycles. The highest BCUT2D eigenvalue weighted by Gasteiger charge is 2.39. The molecule has 3 heterocycles. The van der Waals surface area contributed by atoms with Crippen molar-refractivity contribution in [3.8, 4) is 0 Å². The Hall–Kier alpha value is -1.34. The van der Waals surface area contributed by atoms with Crippen molar-refractivity contribution in [2.45, 2.75) is 17.6 Å². The molecule has 2 saturated heterocycles. The minimum absolute atomic E-state index is 0.109. The Bertz CT molecular complexity index is 499. The number of nitrogen functional groups attached to an aromatic ring is 1. The second-order valence-corrected chi connectivity index (χ2v) is 6.72. The average molecular weight is 294 g/mol. The average Bonchev–Trinajstić information content (AvgIpc) is 2.48. The van der Waals surface area contributed by atoms with Crippen LogP contribution in [0, 0.1) is 0 Å². The zero-order valence-electron chi connectivity index (χ0n) is 11.2. The van der Waals surface area contributed by atoms with Crippen molar-refractivity contribution >= 4 is 23.5 Å². The van der Waals surface area contributed by atoms with Gasteiger partial charge in [0, 0.05) is 49.2 Å². The first-order valence-corrected chi connectivity index (χ1v) is 7.76. The van der Waals surface area contributed by atoms with Crippen molar-refractivity contribution < 1.29 is 9.53 Å². The first-order valence-electron chi connectivity index (χ1n) is 6.78. The third-order valence-corrected chi connectivity index (χ3v) is 5.41. The quantitative estimate of drug-likeness (QED) is 0.825. The fourth-order valence-electron chi connectivity index (χ4n) is 2.73.